The zero-order valence-corrected chi connectivity index (χ0v) is 23.7. The molecule has 194 valence electrons. The van der Waals surface area contributed by atoms with Gasteiger partial charge in [-0.2, -0.15) is 0 Å². The van der Waals surface area contributed by atoms with Gasteiger partial charge < -0.3 is 10.6 Å². The van der Waals surface area contributed by atoms with Crippen LogP contribution < -0.4 is 5.73 Å². The molecule has 0 amide bonds. The van der Waals surface area contributed by atoms with E-state index >= 15 is 0 Å². The van der Waals surface area contributed by atoms with E-state index in [1.807, 2.05) is 0 Å². The largest absolute Gasteiger partial charge is 0.365 e. The Labute approximate surface area is 225 Å². The molecule has 1 heterocycles. The highest BCUT2D eigenvalue weighted by atomic mass is 32.1. The van der Waals surface area contributed by atoms with Gasteiger partial charge in [0, 0.05) is 24.5 Å². The van der Waals surface area contributed by atoms with Crippen molar-refractivity contribution < 1.29 is 0 Å². The number of hydrogen-bond acceptors (Lipinski definition) is 2. The normalized spacial score (nSPS) is 35.9. The van der Waals surface area contributed by atoms with Crippen LogP contribution in [-0.4, -0.2) is 29.0 Å². The molecule has 5 rings (SSSR count). The topological polar surface area (TPSA) is 29.3 Å². The summed E-state index contributed by atoms with van der Waals surface area (Å²) in [5.74, 6) is 2.21. The van der Waals surface area contributed by atoms with Gasteiger partial charge in [0.2, 0.25) is 0 Å². The first kappa shape index (κ1) is 25.9. The molecule has 2 aliphatic carbocycles. The van der Waals surface area contributed by atoms with Crippen LogP contribution in [0.3, 0.4) is 0 Å². The third-order valence-electron chi connectivity index (χ3n) is 10.3. The van der Waals surface area contributed by atoms with E-state index in [-0.39, 0.29) is 22.3 Å². The SMILES string of the molecule is CC1CC2(c3ccccc3)CC(CC(C)(C(=S)N3CC[C@H](N)C(C)(C)C3)C2)C1CCc1ccccc1. The summed E-state index contributed by atoms with van der Waals surface area (Å²) < 4.78 is 0. The molecule has 36 heavy (non-hydrogen) atoms. The fourth-order valence-electron chi connectivity index (χ4n) is 8.45. The molecule has 2 nitrogen and oxygen atoms in total. The van der Waals surface area contributed by atoms with Crippen molar-refractivity contribution in [3.8, 4) is 0 Å². The molecule has 6 atom stereocenters. The smallest absolute Gasteiger partial charge is 0.0839 e. The second kappa shape index (κ2) is 9.87. The lowest BCUT2D eigenvalue weighted by Gasteiger charge is -2.59. The minimum Gasteiger partial charge on any atom is -0.365 e. The van der Waals surface area contributed by atoms with Crippen LogP contribution in [-0.2, 0) is 11.8 Å². The molecule has 0 radical (unpaired) electrons. The van der Waals surface area contributed by atoms with Gasteiger partial charge in [-0.05, 0) is 84.7 Å². The summed E-state index contributed by atoms with van der Waals surface area (Å²) in [6.45, 7) is 11.7. The van der Waals surface area contributed by atoms with Crippen LogP contribution in [0.1, 0.15) is 77.3 Å². The lowest BCUT2D eigenvalue weighted by Crippen LogP contribution is -2.59. The summed E-state index contributed by atoms with van der Waals surface area (Å²) in [5, 5.41) is 0. The number of fused-ring (bicyclic) bond motifs is 2. The van der Waals surface area contributed by atoms with Crippen molar-refractivity contribution >= 4 is 17.2 Å². The Balaban J connectivity index is 1.44. The predicted molar refractivity (Wildman–Crippen MR) is 156 cm³/mol. The first-order chi connectivity index (χ1) is 17.1. The van der Waals surface area contributed by atoms with Gasteiger partial charge in [-0.25, -0.2) is 0 Å². The number of piperidine rings is 1. The fourth-order valence-corrected chi connectivity index (χ4v) is 8.77. The van der Waals surface area contributed by atoms with Crippen molar-refractivity contribution in [1.82, 2.24) is 4.90 Å². The minimum absolute atomic E-state index is 0.0523. The van der Waals surface area contributed by atoms with Crippen molar-refractivity contribution in [3.05, 3.63) is 71.8 Å². The van der Waals surface area contributed by atoms with E-state index in [0.29, 0.717) is 0 Å². The Kier molecular flexibility index (Phi) is 7.11. The molecule has 1 saturated heterocycles. The Morgan fingerprint density at radius 2 is 1.64 bits per heavy atom. The maximum absolute atomic E-state index is 6.50. The number of rotatable bonds is 5. The molecule has 5 unspecified atom stereocenters. The summed E-state index contributed by atoms with van der Waals surface area (Å²) in [5.41, 5.74) is 9.91. The first-order valence-corrected chi connectivity index (χ1v) is 14.7. The summed E-state index contributed by atoms with van der Waals surface area (Å²) in [6, 6.07) is 22.8. The number of hydrogen-bond donors (Lipinski definition) is 1. The molecule has 2 aromatic rings. The molecule has 0 spiro atoms. The van der Waals surface area contributed by atoms with Gasteiger partial charge in [0.25, 0.3) is 0 Å². The molecule has 3 heteroatoms. The summed E-state index contributed by atoms with van der Waals surface area (Å²) in [4.78, 5) is 3.75. The molecule has 1 aliphatic heterocycles. The van der Waals surface area contributed by atoms with Crippen LogP contribution >= 0.6 is 12.2 Å². The van der Waals surface area contributed by atoms with E-state index in [0.717, 1.165) is 37.3 Å². The predicted octanol–water partition coefficient (Wildman–Crippen LogP) is 7.41. The maximum Gasteiger partial charge on any atom is 0.0839 e. The van der Waals surface area contributed by atoms with E-state index in [1.54, 1.807) is 0 Å². The standard InChI is InChI=1S/C33H46N2S/c1-24-19-33(27-13-9-6-10-14-27)21-26(28(24)16-15-25-11-7-5-8-12-25)20-32(4,22-33)30(36)35-18-17-29(34)31(2,3)23-35/h5-14,24,26,28-29H,15-23,34H2,1-4H3/t24?,26?,28?,29-,32?,33?/m0/s1. The quantitative estimate of drug-likeness (QED) is 0.432. The molecule has 0 aromatic heterocycles. The molecule has 2 aromatic carbocycles. The zero-order valence-electron chi connectivity index (χ0n) is 22.9. The highest BCUT2D eigenvalue weighted by Gasteiger charge is 2.55. The third kappa shape index (κ3) is 4.90. The van der Waals surface area contributed by atoms with Crippen molar-refractivity contribution in [2.45, 2.75) is 84.1 Å². The molecule has 2 saturated carbocycles. The van der Waals surface area contributed by atoms with E-state index < -0.39 is 0 Å². The lowest BCUT2D eigenvalue weighted by molar-refractivity contribution is -0.00395. The third-order valence-corrected chi connectivity index (χ3v) is 11.0. The van der Waals surface area contributed by atoms with Crippen LogP contribution in [0.4, 0.5) is 0 Å². The number of thiocarbonyl (C=S) groups is 1. The van der Waals surface area contributed by atoms with Gasteiger partial charge in [-0.1, -0.05) is 101 Å². The number of nitrogens with zero attached hydrogens (tertiary/aromatic N) is 1. The average molecular weight is 503 g/mol. The van der Waals surface area contributed by atoms with Gasteiger partial charge in [0.1, 0.15) is 0 Å². The van der Waals surface area contributed by atoms with E-state index in [4.69, 9.17) is 18.0 Å². The first-order valence-electron chi connectivity index (χ1n) is 14.3. The Morgan fingerprint density at radius 1 is 0.972 bits per heavy atom. The van der Waals surface area contributed by atoms with Gasteiger partial charge in [-0.3, -0.25) is 0 Å². The van der Waals surface area contributed by atoms with Crippen LogP contribution in [0.5, 0.6) is 0 Å². The van der Waals surface area contributed by atoms with Crippen LogP contribution in [0.2, 0.25) is 0 Å². The summed E-state index contributed by atoms with van der Waals surface area (Å²) in [7, 11) is 0. The van der Waals surface area contributed by atoms with Gasteiger partial charge in [0.15, 0.2) is 0 Å². The van der Waals surface area contributed by atoms with Gasteiger partial charge in [0.05, 0.1) is 4.99 Å². The maximum atomic E-state index is 6.50. The molecular weight excluding hydrogens is 456 g/mol. The molecular formula is C33H46N2S. The van der Waals surface area contributed by atoms with E-state index in [2.05, 4.69) is 93.3 Å². The lowest BCUT2D eigenvalue weighted by atomic mass is 9.47. The molecule has 3 fully saturated rings. The van der Waals surface area contributed by atoms with Crippen molar-refractivity contribution in [2.75, 3.05) is 13.1 Å². The second-order valence-electron chi connectivity index (χ2n) is 13.5. The highest BCUT2D eigenvalue weighted by Crippen LogP contribution is 2.61. The summed E-state index contributed by atoms with van der Waals surface area (Å²) >= 11 is 6.42. The summed E-state index contributed by atoms with van der Waals surface area (Å²) in [6.07, 6.45) is 8.51. The Morgan fingerprint density at radius 3 is 2.31 bits per heavy atom. The van der Waals surface area contributed by atoms with Crippen LogP contribution in [0.15, 0.2) is 60.7 Å². The molecule has 3 aliphatic rings. The fraction of sp³-hybridized carbons (Fsp3) is 0.606. The van der Waals surface area contributed by atoms with Crippen LogP contribution in [0, 0.1) is 28.6 Å². The van der Waals surface area contributed by atoms with E-state index in [9.17, 15) is 0 Å². The van der Waals surface area contributed by atoms with Crippen LogP contribution in [0.25, 0.3) is 0 Å². The average Bonchev–Trinajstić information content (AvgIpc) is 2.86. The van der Waals surface area contributed by atoms with Crippen molar-refractivity contribution in [1.29, 1.82) is 0 Å². The molecule has 2 bridgehead atoms. The van der Waals surface area contributed by atoms with Crippen molar-refractivity contribution in [3.63, 3.8) is 0 Å². The number of nitrogens with two attached hydrogens (primary N) is 1. The zero-order chi connectivity index (χ0) is 25.6. The second-order valence-corrected chi connectivity index (χ2v) is 13.9. The Hall–Kier alpha value is -1.71. The number of aryl methyl sites for hydroxylation is 1. The van der Waals surface area contributed by atoms with E-state index in [1.165, 1.54) is 54.6 Å². The van der Waals surface area contributed by atoms with Gasteiger partial charge >= 0.3 is 0 Å². The monoisotopic (exact) mass is 502 g/mol. The Bertz CT molecular complexity index is 1050. The minimum atomic E-state index is 0.0523. The highest BCUT2D eigenvalue weighted by molar-refractivity contribution is 7.80. The van der Waals surface area contributed by atoms with Gasteiger partial charge in [-0.15, -0.1) is 0 Å². The number of likely N-dealkylation sites (tertiary alicyclic amines) is 1. The number of benzene rings is 2. The molecule has 2 N–H and O–H groups in total. The van der Waals surface area contributed by atoms with Crippen molar-refractivity contribution in [2.24, 2.45) is 34.3 Å².